The smallest absolute Gasteiger partial charge is 0.123 e. The van der Waals surface area contributed by atoms with Crippen molar-refractivity contribution in [3.05, 3.63) is 41.4 Å². The molecule has 0 saturated heterocycles. The van der Waals surface area contributed by atoms with Gasteiger partial charge in [-0.25, -0.2) is 0 Å². The highest BCUT2D eigenvalue weighted by molar-refractivity contribution is 6.29. The van der Waals surface area contributed by atoms with Gasteiger partial charge >= 0.3 is 0 Å². The average molecular weight is 240 g/mol. The Balaban J connectivity index is 2.57. The van der Waals surface area contributed by atoms with Crippen LogP contribution in [0.4, 0.5) is 0 Å². The fraction of sp³-hybridized carbons (Fsp3) is 0.385. The number of benzene rings is 1. The Morgan fingerprint density at radius 2 is 2.06 bits per heavy atom. The molecule has 3 heteroatoms. The second kappa shape index (κ2) is 6.56. The van der Waals surface area contributed by atoms with Crippen LogP contribution in [-0.2, 0) is 0 Å². The van der Waals surface area contributed by atoms with Gasteiger partial charge in [-0.1, -0.05) is 37.2 Å². The van der Waals surface area contributed by atoms with Gasteiger partial charge in [0.05, 0.1) is 0 Å². The number of halogens is 1. The highest BCUT2D eigenvalue weighted by Gasteiger charge is 2.03. The van der Waals surface area contributed by atoms with Gasteiger partial charge in [0.2, 0.25) is 0 Å². The molecule has 1 aromatic rings. The predicted octanol–water partition coefficient (Wildman–Crippen LogP) is 3.49. The zero-order chi connectivity index (χ0) is 12.0. The number of hydrogen-bond donors (Lipinski definition) is 1. The molecule has 2 nitrogen and oxygen atoms in total. The van der Waals surface area contributed by atoms with Crippen molar-refractivity contribution in [3.8, 4) is 5.75 Å². The molecule has 0 aliphatic heterocycles. The maximum absolute atomic E-state index is 5.62. The van der Waals surface area contributed by atoms with E-state index in [1.807, 2.05) is 12.1 Å². The van der Waals surface area contributed by atoms with Gasteiger partial charge < -0.3 is 10.1 Å². The molecule has 0 radical (unpaired) electrons. The molecule has 0 aliphatic rings. The SMILES string of the molecule is C=C(Cl)COc1ccc(C(C)NCC)cc1. The standard InChI is InChI=1S/C13H18ClNO/c1-4-15-11(3)12-5-7-13(8-6-12)16-9-10(2)14/h5-8,11,15H,2,4,9H2,1,3H3. The summed E-state index contributed by atoms with van der Waals surface area (Å²) < 4.78 is 5.41. The lowest BCUT2D eigenvalue weighted by Crippen LogP contribution is -2.17. The lowest BCUT2D eigenvalue weighted by molar-refractivity contribution is 0.359. The number of ether oxygens (including phenoxy) is 1. The molecule has 0 aromatic heterocycles. The molecule has 0 bridgehead atoms. The first-order chi connectivity index (χ1) is 7.63. The van der Waals surface area contributed by atoms with Crippen LogP contribution >= 0.6 is 11.6 Å². The van der Waals surface area contributed by atoms with Gasteiger partial charge in [0.1, 0.15) is 12.4 Å². The molecule has 0 heterocycles. The molecule has 0 spiro atoms. The van der Waals surface area contributed by atoms with E-state index in [-0.39, 0.29) is 0 Å². The van der Waals surface area contributed by atoms with Crippen molar-refractivity contribution in [1.82, 2.24) is 5.32 Å². The minimum Gasteiger partial charge on any atom is -0.488 e. The second-order valence-electron chi connectivity index (χ2n) is 3.65. The first kappa shape index (κ1) is 13.1. The van der Waals surface area contributed by atoms with E-state index in [0.717, 1.165) is 12.3 Å². The highest BCUT2D eigenvalue weighted by atomic mass is 35.5. The largest absolute Gasteiger partial charge is 0.488 e. The molecule has 1 atom stereocenters. The number of hydrogen-bond acceptors (Lipinski definition) is 2. The summed E-state index contributed by atoms with van der Waals surface area (Å²) in [5, 5.41) is 3.86. The van der Waals surface area contributed by atoms with Crippen molar-refractivity contribution in [1.29, 1.82) is 0 Å². The van der Waals surface area contributed by atoms with Gasteiger partial charge in [-0.2, -0.15) is 0 Å². The Hall–Kier alpha value is -0.990. The summed E-state index contributed by atoms with van der Waals surface area (Å²) in [6.45, 7) is 9.12. The monoisotopic (exact) mass is 239 g/mol. The van der Waals surface area contributed by atoms with E-state index < -0.39 is 0 Å². The van der Waals surface area contributed by atoms with Crippen molar-refractivity contribution in [3.63, 3.8) is 0 Å². The summed E-state index contributed by atoms with van der Waals surface area (Å²) in [7, 11) is 0. The van der Waals surface area contributed by atoms with E-state index in [1.54, 1.807) is 0 Å². The second-order valence-corrected chi connectivity index (χ2v) is 4.19. The van der Waals surface area contributed by atoms with Gasteiger partial charge in [-0.05, 0) is 31.2 Å². The van der Waals surface area contributed by atoms with E-state index in [2.05, 4.69) is 37.9 Å². The summed E-state index contributed by atoms with van der Waals surface area (Å²) in [6.07, 6.45) is 0. The molecular formula is C13H18ClNO. The lowest BCUT2D eigenvalue weighted by Gasteiger charge is -2.13. The lowest BCUT2D eigenvalue weighted by atomic mass is 10.1. The minimum absolute atomic E-state index is 0.351. The Bertz CT molecular complexity index is 334. The fourth-order valence-corrected chi connectivity index (χ4v) is 1.49. The van der Waals surface area contributed by atoms with Gasteiger partial charge in [0.25, 0.3) is 0 Å². The first-order valence-corrected chi connectivity index (χ1v) is 5.80. The molecule has 1 aromatic carbocycles. The van der Waals surface area contributed by atoms with Crippen LogP contribution in [0.2, 0.25) is 0 Å². The van der Waals surface area contributed by atoms with E-state index in [9.17, 15) is 0 Å². The zero-order valence-corrected chi connectivity index (χ0v) is 10.6. The number of rotatable bonds is 6. The van der Waals surface area contributed by atoms with Crippen LogP contribution in [0.5, 0.6) is 5.75 Å². The van der Waals surface area contributed by atoms with E-state index in [0.29, 0.717) is 17.7 Å². The van der Waals surface area contributed by atoms with Gasteiger partial charge in [0.15, 0.2) is 0 Å². The van der Waals surface area contributed by atoms with Crippen LogP contribution in [-0.4, -0.2) is 13.2 Å². The summed E-state index contributed by atoms with van der Waals surface area (Å²) >= 11 is 5.62. The molecule has 88 valence electrons. The van der Waals surface area contributed by atoms with E-state index in [1.165, 1.54) is 5.56 Å². The molecule has 0 amide bonds. The normalized spacial score (nSPS) is 12.2. The van der Waals surface area contributed by atoms with Crippen molar-refractivity contribution >= 4 is 11.6 Å². The van der Waals surface area contributed by atoms with Gasteiger partial charge in [-0.3, -0.25) is 0 Å². The molecule has 0 fully saturated rings. The quantitative estimate of drug-likeness (QED) is 0.821. The summed E-state index contributed by atoms with van der Waals surface area (Å²) in [4.78, 5) is 0. The van der Waals surface area contributed by atoms with Crippen molar-refractivity contribution in [2.45, 2.75) is 19.9 Å². The third-order valence-electron chi connectivity index (χ3n) is 2.29. The summed E-state index contributed by atoms with van der Waals surface area (Å²) in [5.74, 6) is 0.814. The van der Waals surface area contributed by atoms with Crippen LogP contribution in [0.15, 0.2) is 35.9 Å². The maximum Gasteiger partial charge on any atom is 0.123 e. The topological polar surface area (TPSA) is 21.3 Å². The van der Waals surface area contributed by atoms with Crippen LogP contribution in [0.25, 0.3) is 0 Å². The fourth-order valence-electron chi connectivity index (χ4n) is 1.44. The molecule has 0 aliphatic carbocycles. The van der Waals surface area contributed by atoms with Crippen molar-refractivity contribution in [2.24, 2.45) is 0 Å². The Labute approximate surface area is 102 Å². The van der Waals surface area contributed by atoms with Crippen molar-refractivity contribution < 1.29 is 4.74 Å². The summed E-state index contributed by atoms with van der Waals surface area (Å²) in [5.41, 5.74) is 1.25. The summed E-state index contributed by atoms with van der Waals surface area (Å²) in [6, 6.07) is 8.37. The maximum atomic E-state index is 5.62. The molecule has 1 N–H and O–H groups in total. The predicted molar refractivity (Wildman–Crippen MR) is 69.0 cm³/mol. The minimum atomic E-state index is 0.351. The molecule has 0 saturated carbocycles. The Kier molecular flexibility index (Phi) is 5.36. The third-order valence-corrected chi connectivity index (χ3v) is 2.39. The van der Waals surface area contributed by atoms with Crippen molar-refractivity contribution in [2.75, 3.05) is 13.2 Å². The Morgan fingerprint density at radius 1 is 1.44 bits per heavy atom. The number of nitrogens with one attached hydrogen (secondary N) is 1. The van der Waals surface area contributed by atoms with Gasteiger partial charge in [0, 0.05) is 11.1 Å². The molecule has 1 unspecified atom stereocenters. The molecular weight excluding hydrogens is 222 g/mol. The molecule has 1 rings (SSSR count). The van der Waals surface area contributed by atoms with Crippen LogP contribution < -0.4 is 10.1 Å². The van der Waals surface area contributed by atoms with Crippen LogP contribution in [0.3, 0.4) is 0 Å². The first-order valence-electron chi connectivity index (χ1n) is 5.43. The molecule has 16 heavy (non-hydrogen) atoms. The van der Waals surface area contributed by atoms with Gasteiger partial charge in [-0.15, -0.1) is 0 Å². The van der Waals surface area contributed by atoms with Crippen LogP contribution in [0, 0.1) is 0 Å². The van der Waals surface area contributed by atoms with E-state index >= 15 is 0 Å². The zero-order valence-electron chi connectivity index (χ0n) is 9.79. The Morgan fingerprint density at radius 3 is 2.56 bits per heavy atom. The average Bonchev–Trinajstić information content (AvgIpc) is 2.27. The highest BCUT2D eigenvalue weighted by Crippen LogP contribution is 2.18. The van der Waals surface area contributed by atoms with Crippen LogP contribution in [0.1, 0.15) is 25.5 Å². The third kappa shape index (κ3) is 4.25. The van der Waals surface area contributed by atoms with E-state index in [4.69, 9.17) is 16.3 Å².